The van der Waals surface area contributed by atoms with Gasteiger partial charge in [0.05, 0.1) is 6.61 Å². The molecule has 1 aromatic heterocycles. The summed E-state index contributed by atoms with van der Waals surface area (Å²) in [7, 11) is 0. The number of nitrogens with one attached hydrogen (secondary N) is 2. The van der Waals surface area contributed by atoms with E-state index in [1.807, 2.05) is 24.3 Å². The molecule has 1 atom stereocenters. The molecule has 0 aliphatic rings. The van der Waals surface area contributed by atoms with E-state index in [0.717, 1.165) is 23.7 Å². The summed E-state index contributed by atoms with van der Waals surface area (Å²) in [6.07, 6.45) is 2.64. The lowest BCUT2D eigenvalue weighted by atomic mass is 10.1. The van der Waals surface area contributed by atoms with E-state index in [-0.39, 0.29) is 12.3 Å². The molecule has 2 N–H and O–H groups in total. The smallest absolute Gasteiger partial charge is 0.326 e. The molecular formula is C24H26N2O5. The van der Waals surface area contributed by atoms with E-state index in [1.54, 1.807) is 30.5 Å². The molecule has 0 aliphatic carbocycles. The number of carbonyl (C=O) groups is 3. The standard InChI is InChI=1S/C24H26N2O5/c1-3-4-13-30-18-11-9-17(10-12-18)24(29)26-15-22(27)31-16(2)23(28)20-14-25-21-8-6-5-7-19(20)21/h5-12,14,16,25H,3-4,13,15H2,1-2H3,(H,26,29)/t16-/m0/s1. The summed E-state index contributed by atoms with van der Waals surface area (Å²) < 4.78 is 10.8. The molecule has 31 heavy (non-hydrogen) atoms. The van der Waals surface area contributed by atoms with Crippen molar-refractivity contribution in [2.45, 2.75) is 32.8 Å². The molecule has 0 saturated heterocycles. The predicted octanol–water partition coefficient (Wildman–Crippen LogP) is 3.89. The quantitative estimate of drug-likeness (QED) is 0.293. The van der Waals surface area contributed by atoms with Crippen LogP contribution < -0.4 is 10.1 Å². The van der Waals surface area contributed by atoms with Crippen LogP contribution in [0.2, 0.25) is 0 Å². The number of unbranched alkanes of at least 4 members (excludes halogenated alkanes) is 1. The summed E-state index contributed by atoms with van der Waals surface area (Å²) in [6, 6.07) is 14.1. The van der Waals surface area contributed by atoms with Crippen molar-refractivity contribution < 1.29 is 23.9 Å². The van der Waals surface area contributed by atoms with Crippen molar-refractivity contribution in [2.24, 2.45) is 0 Å². The fourth-order valence-electron chi connectivity index (χ4n) is 3.08. The van der Waals surface area contributed by atoms with E-state index in [4.69, 9.17) is 9.47 Å². The first-order valence-electron chi connectivity index (χ1n) is 10.3. The van der Waals surface area contributed by atoms with Crippen molar-refractivity contribution in [2.75, 3.05) is 13.2 Å². The first-order chi connectivity index (χ1) is 15.0. The molecule has 1 amide bonds. The third kappa shape index (κ3) is 5.72. The van der Waals surface area contributed by atoms with Gasteiger partial charge in [0, 0.05) is 28.2 Å². The Hall–Kier alpha value is -3.61. The topological polar surface area (TPSA) is 97.5 Å². The fourth-order valence-corrected chi connectivity index (χ4v) is 3.08. The Balaban J connectivity index is 1.49. The van der Waals surface area contributed by atoms with Crippen molar-refractivity contribution in [3.8, 4) is 5.75 Å². The summed E-state index contributed by atoms with van der Waals surface area (Å²) in [6.45, 7) is 3.89. The molecule has 0 aliphatic heterocycles. The highest BCUT2D eigenvalue weighted by Gasteiger charge is 2.22. The van der Waals surface area contributed by atoms with Crippen LogP contribution >= 0.6 is 0 Å². The van der Waals surface area contributed by atoms with Crippen LogP contribution in [0.15, 0.2) is 54.7 Å². The minimum Gasteiger partial charge on any atom is -0.494 e. The summed E-state index contributed by atoms with van der Waals surface area (Å²) in [4.78, 5) is 40.0. The molecule has 7 nitrogen and oxygen atoms in total. The number of benzene rings is 2. The number of aromatic nitrogens is 1. The van der Waals surface area contributed by atoms with E-state index < -0.39 is 18.0 Å². The number of esters is 1. The maximum Gasteiger partial charge on any atom is 0.326 e. The second-order valence-corrected chi connectivity index (χ2v) is 7.15. The molecule has 2 aromatic carbocycles. The Kier molecular flexibility index (Phi) is 7.43. The fraction of sp³-hybridized carbons (Fsp3) is 0.292. The van der Waals surface area contributed by atoms with Crippen molar-refractivity contribution >= 4 is 28.6 Å². The molecule has 0 spiro atoms. The van der Waals surface area contributed by atoms with Crippen molar-refractivity contribution in [1.29, 1.82) is 0 Å². The summed E-state index contributed by atoms with van der Waals surface area (Å²) in [5, 5.41) is 3.28. The molecule has 1 heterocycles. The van der Waals surface area contributed by atoms with Crippen molar-refractivity contribution in [3.63, 3.8) is 0 Å². The van der Waals surface area contributed by atoms with Gasteiger partial charge in [0.15, 0.2) is 6.10 Å². The summed E-state index contributed by atoms with van der Waals surface area (Å²) in [5.74, 6) is -0.717. The Bertz CT molecular complexity index is 1060. The monoisotopic (exact) mass is 422 g/mol. The second kappa shape index (κ2) is 10.4. The number of hydrogen-bond acceptors (Lipinski definition) is 5. The third-order valence-electron chi connectivity index (χ3n) is 4.81. The van der Waals surface area contributed by atoms with E-state index in [2.05, 4.69) is 17.2 Å². The van der Waals surface area contributed by atoms with Gasteiger partial charge in [-0.1, -0.05) is 31.5 Å². The van der Waals surface area contributed by atoms with Gasteiger partial charge in [0.25, 0.3) is 5.91 Å². The van der Waals surface area contributed by atoms with Gasteiger partial charge in [-0.05, 0) is 43.7 Å². The first kappa shape index (κ1) is 22.1. The van der Waals surface area contributed by atoms with Gasteiger partial charge in [-0.15, -0.1) is 0 Å². The van der Waals surface area contributed by atoms with Crippen LogP contribution in [-0.4, -0.2) is 41.9 Å². The number of rotatable bonds is 10. The summed E-state index contributed by atoms with van der Waals surface area (Å²) >= 11 is 0. The van der Waals surface area contributed by atoms with Crippen LogP contribution in [0.5, 0.6) is 5.75 Å². The van der Waals surface area contributed by atoms with Gasteiger partial charge in [0.2, 0.25) is 5.78 Å². The Morgan fingerprint density at radius 2 is 1.81 bits per heavy atom. The number of carbonyl (C=O) groups excluding carboxylic acids is 3. The Morgan fingerprint density at radius 1 is 1.06 bits per heavy atom. The maximum absolute atomic E-state index is 12.6. The number of ether oxygens (including phenoxy) is 2. The highest BCUT2D eigenvalue weighted by atomic mass is 16.5. The van der Waals surface area contributed by atoms with E-state index in [0.29, 0.717) is 23.5 Å². The molecule has 0 fully saturated rings. The zero-order valence-corrected chi connectivity index (χ0v) is 17.6. The van der Waals surface area contributed by atoms with Crippen molar-refractivity contribution in [3.05, 3.63) is 65.9 Å². The maximum atomic E-state index is 12.6. The van der Waals surface area contributed by atoms with Crippen molar-refractivity contribution in [1.82, 2.24) is 10.3 Å². The summed E-state index contributed by atoms with van der Waals surface area (Å²) in [5.41, 5.74) is 1.69. The van der Waals surface area contributed by atoms with E-state index in [9.17, 15) is 14.4 Å². The number of ketones is 1. The first-order valence-corrected chi connectivity index (χ1v) is 10.3. The minimum atomic E-state index is -0.969. The van der Waals surface area contributed by atoms with E-state index in [1.165, 1.54) is 6.92 Å². The van der Waals surface area contributed by atoms with Crippen LogP contribution in [-0.2, 0) is 9.53 Å². The Morgan fingerprint density at radius 3 is 2.55 bits per heavy atom. The minimum absolute atomic E-state index is 0.309. The van der Waals surface area contributed by atoms with Gasteiger partial charge < -0.3 is 19.8 Å². The zero-order chi connectivity index (χ0) is 22.2. The molecule has 7 heteroatoms. The van der Waals surface area contributed by atoms with Crippen LogP contribution in [0.4, 0.5) is 0 Å². The number of fused-ring (bicyclic) bond motifs is 1. The zero-order valence-electron chi connectivity index (χ0n) is 17.6. The molecule has 3 rings (SSSR count). The van der Waals surface area contributed by atoms with Gasteiger partial charge >= 0.3 is 5.97 Å². The van der Waals surface area contributed by atoms with E-state index >= 15 is 0 Å². The van der Waals surface area contributed by atoms with Gasteiger partial charge in [-0.25, -0.2) is 0 Å². The second-order valence-electron chi connectivity index (χ2n) is 7.15. The molecule has 0 unspecified atom stereocenters. The van der Waals surface area contributed by atoms with Gasteiger partial charge in [-0.2, -0.15) is 0 Å². The lowest BCUT2D eigenvalue weighted by Gasteiger charge is -2.12. The molecule has 3 aromatic rings. The number of hydrogen-bond donors (Lipinski definition) is 2. The predicted molar refractivity (Wildman–Crippen MR) is 117 cm³/mol. The van der Waals surface area contributed by atoms with Gasteiger partial charge in [-0.3, -0.25) is 14.4 Å². The number of aromatic amines is 1. The lowest BCUT2D eigenvalue weighted by molar-refractivity contribution is -0.145. The number of Topliss-reactive ketones (excluding diaryl/α,β-unsaturated/α-hetero) is 1. The largest absolute Gasteiger partial charge is 0.494 e. The average molecular weight is 422 g/mol. The number of amides is 1. The lowest BCUT2D eigenvalue weighted by Crippen LogP contribution is -2.34. The highest BCUT2D eigenvalue weighted by molar-refractivity contribution is 6.10. The molecule has 0 saturated carbocycles. The molecule has 162 valence electrons. The van der Waals surface area contributed by atoms with Crippen LogP contribution in [0.25, 0.3) is 10.9 Å². The molecule has 0 bridgehead atoms. The third-order valence-corrected chi connectivity index (χ3v) is 4.81. The number of para-hydroxylation sites is 1. The normalized spacial score (nSPS) is 11.7. The average Bonchev–Trinajstić information content (AvgIpc) is 3.21. The van der Waals surface area contributed by atoms with Crippen LogP contribution in [0, 0.1) is 0 Å². The Labute approximate surface area is 180 Å². The van der Waals surface area contributed by atoms with Crippen LogP contribution in [0.1, 0.15) is 47.4 Å². The number of H-pyrrole nitrogens is 1. The molecule has 0 radical (unpaired) electrons. The molecular weight excluding hydrogens is 396 g/mol. The SMILES string of the molecule is CCCCOc1ccc(C(=O)NCC(=O)O[C@@H](C)C(=O)c2c[nH]c3ccccc23)cc1. The highest BCUT2D eigenvalue weighted by Crippen LogP contribution is 2.20. The van der Waals surface area contributed by atoms with Crippen LogP contribution in [0.3, 0.4) is 0 Å². The van der Waals surface area contributed by atoms with Gasteiger partial charge in [0.1, 0.15) is 12.3 Å².